The molecule has 0 aliphatic carbocycles. The highest BCUT2D eigenvalue weighted by Crippen LogP contribution is 2.35. The Morgan fingerprint density at radius 3 is 2.33 bits per heavy atom. The Bertz CT molecular complexity index is 1100. The highest BCUT2D eigenvalue weighted by Gasteiger charge is 2.18. The second-order valence-electron chi connectivity index (χ2n) is 6.71. The summed E-state index contributed by atoms with van der Waals surface area (Å²) in [6.45, 7) is 2.00. The lowest BCUT2D eigenvalue weighted by molar-refractivity contribution is -0.113. The average Bonchev–Trinajstić information content (AvgIpc) is 3.20. The maximum atomic E-state index is 12.4. The lowest BCUT2D eigenvalue weighted by Crippen LogP contribution is -2.14. The van der Waals surface area contributed by atoms with E-state index in [1.165, 1.54) is 11.8 Å². The standard InChI is InChI=1S/C24H19BrN2O2S/c1-16-12-13-20(19(25)14-16)26-21(28)15-30-24-27-22(17-8-4-2-5-9-17)23(29-24)18-10-6-3-7-11-18/h2-14H,15H2,1H3,(H,26,28). The molecule has 0 radical (unpaired) electrons. The number of nitrogens with zero attached hydrogens (tertiary/aromatic N) is 1. The summed E-state index contributed by atoms with van der Waals surface area (Å²) >= 11 is 4.76. The quantitative estimate of drug-likeness (QED) is 0.309. The second-order valence-corrected chi connectivity index (χ2v) is 8.49. The maximum Gasteiger partial charge on any atom is 0.257 e. The van der Waals surface area contributed by atoms with Crippen molar-refractivity contribution in [3.05, 3.63) is 88.9 Å². The molecule has 3 aromatic carbocycles. The van der Waals surface area contributed by atoms with Gasteiger partial charge in [0.25, 0.3) is 5.22 Å². The van der Waals surface area contributed by atoms with Gasteiger partial charge >= 0.3 is 0 Å². The molecule has 0 fully saturated rings. The van der Waals surface area contributed by atoms with E-state index in [1.807, 2.05) is 85.8 Å². The Morgan fingerprint density at radius 2 is 1.67 bits per heavy atom. The first-order valence-electron chi connectivity index (χ1n) is 9.40. The third-order valence-corrected chi connectivity index (χ3v) is 5.90. The number of thioether (sulfide) groups is 1. The first-order chi connectivity index (χ1) is 14.6. The van der Waals surface area contributed by atoms with Crippen LogP contribution in [0.1, 0.15) is 5.56 Å². The molecule has 150 valence electrons. The van der Waals surface area contributed by atoms with Crippen molar-refractivity contribution in [3.8, 4) is 22.6 Å². The molecule has 30 heavy (non-hydrogen) atoms. The monoisotopic (exact) mass is 478 g/mol. The van der Waals surface area contributed by atoms with Crippen molar-refractivity contribution < 1.29 is 9.21 Å². The molecule has 1 N–H and O–H groups in total. The summed E-state index contributed by atoms with van der Waals surface area (Å²) in [7, 11) is 0. The predicted molar refractivity (Wildman–Crippen MR) is 126 cm³/mol. The van der Waals surface area contributed by atoms with Crippen molar-refractivity contribution in [2.24, 2.45) is 0 Å². The molecular formula is C24H19BrN2O2S. The fourth-order valence-electron chi connectivity index (χ4n) is 2.97. The number of hydrogen-bond donors (Lipinski definition) is 1. The summed E-state index contributed by atoms with van der Waals surface area (Å²) in [6.07, 6.45) is 0. The number of aryl methyl sites for hydroxylation is 1. The maximum absolute atomic E-state index is 12.4. The molecule has 0 unspecified atom stereocenters. The topological polar surface area (TPSA) is 55.1 Å². The van der Waals surface area contributed by atoms with E-state index in [0.29, 0.717) is 11.0 Å². The summed E-state index contributed by atoms with van der Waals surface area (Å²) in [4.78, 5) is 17.1. The van der Waals surface area contributed by atoms with E-state index in [-0.39, 0.29) is 11.7 Å². The van der Waals surface area contributed by atoms with Crippen LogP contribution in [0.3, 0.4) is 0 Å². The summed E-state index contributed by atoms with van der Waals surface area (Å²) in [5, 5.41) is 3.38. The van der Waals surface area contributed by atoms with Crippen molar-refractivity contribution in [2.75, 3.05) is 11.1 Å². The van der Waals surface area contributed by atoms with Gasteiger partial charge in [0.2, 0.25) is 5.91 Å². The number of carbonyl (C=O) groups is 1. The van der Waals surface area contributed by atoms with E-state index in [9.17, 15) is 4.79 Å². The number of nitrogens with one attached hydrogen (secondary N) is 1. The van der Waals surface area contributed by atoms with Crippen LogP contribution >= 0.6 is 27.7 Å². The molecule has 0 atom stereocenters. The molecule has 0 bridgehead atoms. The van der Waals surface area contributed by atoms with Crippen molar-refractivity contribution in [3.63, 3.8) is 0 Å². The SMILES string of the molecule is Cc1ccc(NC(=O)CSc2nc(-c3ccccc3)c(-c3ccccc3)o2)c(Br)c1. The van der Waals surface area contributed by atoms with Crippen LogP contribution in [0.2, 0.25) is 0 Å². The molecule has 6 heteroatoms. The number of aromatic nitrogens is 1. The van der Waals surface area contributed by atoms with E-state index in [0.717, 1.165) is 32.5 Å². The predicted octanol–water partition coefficient (Wildman–Crippen LogP) is 6.81. The number of benzene rings is 3. The lowest BCUT2D eigenvalue weighted by atomic mass is 10.1. The molecule has 0 spiro atoms. The molecular weight excluding hydrogens is 460 g/mol. The van der Waals surface area contributed by atoms with E-state index >= 15 is 0 Å². The van der Waals surface area contributed by atoms with Crippen LogP contribution in [-0.2, 0) is 4.79 Å². The number of anilines is 1. The first-order valence-corrected chi connectivity index (χ1v) is 11.2. The fraction of sp³-hybridized carbons (Fsp3) is 0.0833. The molecule has 1 heterocycles. The molecule has 1 amide bonds. The lowest BCUT2D eigenvalue weighted by Gasteiger charge is -2.07. The first kappa shape index (κ1) is 20.4. The number of oxazole rings is 1. The van der Waals surface area contributed by atoms with Crippen molar-refractivity contribution in [2.45, 2.75) is 12.1 Å². The van der Waals surface area contributed by atoms with Crippen LogP contribution in [-0.4, -0.2) is 16.6 Å². The molecule has 0 saturated heterocycles. The molecule has 4 rings (SSSR count). The van der Waals surface area contributed by atoms with Gasteiger partial charge in [-0.15, -0.1) is 0 Å². The Morgan fingerprint density at radius 1 is 1.00 bits per heavy atom. The van der Waals surface area contributed by atoms with Gasteiger partial charge in [-0.05, 0) is 40.5 Å². The Hall–Kier alpha value is -2.83. The number of halogens is 1. The van der Waals surface area contributed by atoms with Crippen LogP contribution in [0.5, 0.6) is 0 Å². The molecule has 4 aromatic rings. The summed E-state index contributed by atoms with van der Waals surface area (Å²) in [5.41, 5.74) is 4.55. The van der Waals surface area contributed by atoms with Gasteiger partial charge in [-0.25, -0.2) is 4.98 Å². The van der Waals surface area contributed by atoms with Gasteiger partial charge in [0, 0.05) is 15.6 Å². The largest absolute Gasteiger partial charge is 0.431 e. The number of hydrogen-bond acceptors (Lipinski definition) is 4. The van der Waals surface area contributed by atoms with E-state index in [1.54, 1.807) is 0 Å². The van der Waals surface area contributed by atoms with Crippen LogP contribution in [0.25, 0.3) is 22.6 Å². The van der Waals surface area contributed by atoms with Crippen molar-refractivity contribution in [1.29, 1.82) is 0 Å². The van der Waals surface area contributed by atoms with Gasteiger partial charge in [-0.1, -0.05) is 78.5 Å². The van der Waals surface area contributed by atoms with E-state index < -0.39 is 0 Å². The Kier molecular flexibility index (Phi) is 6.35. The normalized spacial score (nSPS) is 10.7. The zero-order chi connectivity index (χ0) is 20.9. The van der Waals surface area contributed by atoms with Crippen molar-refractivity contribution in [1.82, 2.24) is 4.98 Å². The van der Waals surface area contributed by atoms with Gasteiger partial charge in [0.15, 0.2) is 5.76 Å². The second kappa shape index (κ2) is 9.32. The van der Waals surface area contributed by atoms with Crippen LogP contribution in [0.15, 0.2) is 93.0 Å². The number of carbonyl (C=O) groups excluding carboxylic acids is 1. The van der Waals surface area contributed by atoms with Gasteiger partial charge in [0.1, 0.15) is 5.69 Å². The third kappa shape index (κ3) is 4.83. The van der Waals surface area contributed by atoms with Crippen LogP contribution < -0.4 is 5.32 Å². The summed E-state index contributed by atoms with van der Waals surface area (Å²) < 4.78 is 6.91. The highest BCUT2D eigenvalue weighted by atomic mass is 79.9. The Balaban J connectivity index is 1.53. The van der Waals surface area contributed by atoms with E-state index in [2.05, 4.69) is 26.2 Å². The fourth-order valence-corrected chi connectivity index (χ4v) is 4.19. The van der Waals surface area contributed by atoms with Gasteiger partial charge in [0.05, 0.1) is 11.4 Å². The minimum Gasteiger partial charge on any atom is -0.431 e. The third-order valence-electron chi connectivity index (χ3n) is 4.42. The zero-order valence-electron chi connectivity index (χ0n) is 16.3. The number of rotatable bonds is 6. The minimum atomic E-state index is -0.120. The number of amides is 1. The smallest absolute Gasteiger partial charge is 0.257 e. The summed E-state index contributed by atoms with van der Waals surface area (Å²) in [5.74, 6) is 0.778. The minimum absolute atomic E-state index is 0.120. The molecule has 4 nitrogen and oxygen atoms in total. The molecule has 0 aliphatic rings. The zero-order valence-corrected chi connectivity index (χ0v) is 18.7. The van der Waals surface area contributed by atoms with Gasteiger partial charge < -0.3 is 9.73 Å². The summed E-state index contributed by atoms with van der Waals surface area (Å²) in [6, 6.07) is 25.6. The van der Waals surface area contributed by atoms with Crippen molar-refractivity contribution >= 4 is 39.3 Å². The molecule has 1 aromatic heterocycles. The molecule has 0 aliphatic heterocycles. The Labute approximate surface area is 187 Å². The highest BCUT2D eigenvalue weighted by molar-refractivity contribution is 9.10. The van der Waals surface area contributed by atoms with Gasteiger partial charge in [-0.2, -0.15) is 0 Å². The van der Waals surface area contributed by atoms with Crippen LogP contribution in [0, 0.1) is 6.92 Å². The van der Waals surface area contributed by atoms with Crippen LogP contribution in [0.4, 0.5) is 5.69 Å². The molecule has 0 saturated carbocycles. The average molecular weight is 479 g/mol. The van der Waals surface area contributed by atoms with E-state index in [4.69, 9.17) is 4.42 Å². The van der Waals surface area contributed by atoms with Gasteiger partial charge in [-0.3, -0.25) is 4.79 Å².